The third-order valence-electron chi connectivity index (χ3n) is 4.86. The second-order valence-corrected chi connectivity index (χ2v) is 7.50. The van der Waals surface area contributed by atoms with Gasteiger partial charge in [-0.25, -0.2) is 0 Å². The number of methoxy groups -OCH3 is 1. The molecule has 0 bridgehead atoms. The summed E-state index contributed by atoms with van der Waals surface area (Å²) in [4.78, 5) is 16.0. The SMILES string of the molecule is COc1ccccc1C(=O)NC1CCN(c2cc(-c3cccs3)[nH]n2)CC1. The van der Waals surface area contributed by atoms with Crippen molar-refractivity contribution in [3.05, 3.63) is 53.4 Å². The zero-order chi connectivity index (χ0) is 18.6. The number of amides is 1. The molecule has 27 heavy (non-hydrogen) atoms. The lowest BCUT2D eigenvalue weighted by Gasteiger charge is -2.32. The number of thiophene rings is 1. The van der Waals surface area contributed by atoms with Crippen LogP contribution in [0, 0.1) is 0 Å². The van der Waals surface area contributed by atoms with E-state index in [2.05, 4.69) is 37.9 Å². The molecule has 1 aliphatic rings. The zero-order valence-corrected chi connectivity index (χ0v) is 16.0. The molecule has 2 N–H and O–H groups in total. The average molecular weight is 382 g/mol. The highest BCUT2D eigenvalue weighted by Gasteiger charge is 2.23. The van der Waals surface area contributed by atoms with Gasteiger partial charge < -0.3 is 15.0 Å². The number of aromatic amines is 1. The number of aromatic nitrogens is 2. The van der Waals surface area contributed by atoms with E-state index in [9.17, 15) is 4.79 Å². The van der Waals surface area contributed by atoms with Crippen molar-refractivity contribution in [1.29, 1.82) is 0 Å². The van der Waals surface area contributed by atoms with Gasteiger partial charge in [0.1, 0.15) is 5.75 Å². The summed E-state index contributed by atoms with van der Waals surface area (Å²) in [5, 5.41) is 12.8. The van der Waals surface area contributed by atoms with Crippen molar-refractivity contribution in [2.24, 2.45) is 0 Å². The number of hydrogen-bond acceptors (Lipinski definition) is 5. The Morgan fingerprint density at radius 2 is 2.07 bits per heavy atom. The number of nitrogens with zero attached hydrogens (tertiary/aromatic N) is 2. The predicted octanol–water partition coefficient (Wildman–Crippen LogP) is 3.55. The van der Waals surface area contributed by atoms with Gasteiger partial charge in [-0.1, -0.05) is 18.2 Å². The van der Waals surface area contributed by atoms with Crippen LogP contribution in [0.2, 0.25) is 0 Å². The van der Waals surface area contributed by atoms with Crippen LogP contribution in [0.3, 0.4) is 0 Å². The van der Waals surface area contributed by atoms with Crippen molar-refractivity contribution < 1.29 is 9.53 Å². The number of rotatable bonds is 5. The Morgan fingerprint density at radius 3 is 2.81 bits per heavy atom. The fourth-order valence-corrected chi connectivity index (χ4v) is 4.07. The van der Waals surface area contributed by atoms with E-state index in [0.717, 1.165) is 37.4 Å². The Hall–Kier alpha value is -2.80. The van der Waals surface area contributed by atoms with Crippen molar-refractivity contribution in [3.63, 3.8) is 0 Å². The van der Waals surface area contributed by atoms with Crippen LogP contribution in [0.5, 0.6) is 5.75 Å². The molecule has 1 fully saturated rings. The van der Waals surface area contributed by atoms with Crippen LogP contribution in [-0.4, -0.2) is 42.3 Å². The molecule has 1 saturated heterocycles. The molecule has 1 aromatic carbocycles. The summed E-state index contributed by atoms with van der Waals surface area (Å²) < 4.78 is 5.28. The maximum absolute atomic E-state index is 12.6. The lowest BCUT2D eigenvalue weighted by Crippen LogP contribution is -2.44. The third-order valence-corrected chi connectivity index (χ3v) is 5.76. The van der Waals surface area contributed by atoms with Crippen molar-refractivity contribution in [1.82, 2.24) is 15.5 Å². The van der Waals surface area contributed by atoms with E-state index in [1.165, 1.54) is 4.88 Å². The molecule has 2 aromatic heterocycles. The maximum Gasteiger partial charge on any atom is 0.255 e. The van der Waals surface area contributed by atoms with Gasteiger partial charge in [0.2, 0.25) is 0 Å². The van der Waals surface area contributed by atoms with Gasteiger partial charge in [-0.2, -0.15) is 5.10 Å². The second-order valence-electron chi connectivity index (χ2n) is 6.55. The number of carbonyl (C=O) groups excluding carboxylic acids is 1. The summed E-state index contributed by atoms with van der Waals surface area (Å²) in [6.45, 7) is 1.73. The van der Waals surface area contributed by atoms with Gasteiger partial charge in [0.05, 0.1) is 23.2 Å². The van der Waals surface area contributed by atoms with Gasteiger partial charge in [-0.3, -0.25) is 9.89 Å². The van der Waals surface area contributed by atoms with E-state index in [0.29, 0.717) is 11.3 Å². The molecular weight excluding hydrogens is 360 g/mol. The first-order valence-corrected chi connectivity index (χ1v) is 9.90. The third kappa shape index (κ3) is 3.83. The summed E-state index contributed by atoms with van der Waals surface area (Å²) >= 11 is 1.70. The smallest absolute Gasteiger partial charge is 0.255 e. The minimum atomic E-state index is -0.0781. The first-order valence-electron chi connectivity index (χ1n) is 9.02. The number of benzene rings is 1. The first-order chi connectivity index (χ1) is 13.2. The first kappa shape index (κ1) is 17.6. The fraction of sp³-hybridized carbons (Fsp3) is 0.300. The fourth-order valence-electron chi connectivity index (χ4n) is 3.38. The molecule has 3 heterocycles. The summed E-state index contributed by atoms with van der Waals surface area (Å²) in [5.41, 5.74) is 1.63. The number of H-pyrrole nitrogens is 1. The summed E-state index contributed by atoms with van der Waals surface area (Å²) in [6.07, 6.45) is 1.78. The van der Waals surface area contributed by atoms with Crippen LogP contribution in [0.4, 0.5) is 5.82 Å². The second kappa shape index (κ2) is 7.84. The molecule has 0 atom stereocenters. The number of carbonyl (C=O) groups is 1. The van der Waals surface area contributed by atoms with Crippen molar-refractivity contribution >= 4 is 23.1 Å². The average Bonchev–Trinajstić information content (AvgIpc) is 3.40. The number of nitrogens with one attached hydrogen (secondary N) is 2. The van der Waals surface area contributed by atoms with Crippen LogP contribution in [-0.2, 0) is 0 Å². The Kier molecular flexibility index (Phi) is 5.11. The minimum absolute atomic E-state index is 0.0781. The number of ether oxygens (including phenoxy) is 1. The van der Waals surface area contributed by atoms with E-state index in [1.807, 2.05) is 18.2 Å². The number of para-hydroxylation sites is 1. The summed E-state index contributed by atoms with van der Waals surface area (Å²) in [7, 11) is 1.58. The molecule has 1 amide bonds. The van der Waals surface area contributed by atoms with E-state index in [-0.39, 0.29) is 11.9 Å². The maximum atomic E-state index is 12.6. The molecule has 6 nitrogen and oxygen atoms in total. The minimum Gasteiger partial charge on any atom is -0.496 e. The Balaban J connectivity index is 1.34. The number of hydrogen-bond donors (Lipinski definition) is 2. The van der Waals surface area contributed by atoms with Crippen LogP contribution in [0.1, 0.15) is 23.2 Å². The van der Waals surface area contributed by atoms with Gasteiger partial charge in [0.25, 0.3) is 5.91 Å². The lowest BCUT2D eigenvalue weighted by atomic mass is 10.0. The van der Waals surface area contributed by atoms with Crippen LogP contribution in [0.25, 0.3) is 10.6 Å². The predicted molar refractivity (Wildman–Crippen MR) is 108 cm³/mol. The van der Waals surface area contributed by atoms with E-state index in [4.69, 9.17) is 4.74 Å². The molecule has 4 rings (SSSR count). The van der Waals surface area contributed by atoms with Gasteiger partial charge in [-0.15, -0.1) is 11.3 Å². The molecule has 0 saturated carbocycles. The highest BCUT2D eigenvalue weighted by atomic mass is 32.1. The molecule has 140 valence electrons. The number of piperidine rings is 1. The van der Waals surface area contributed by atoms with Crippen molar-refractivity contribution in [3.8, 4) is 16.3 Å². The van der Waals surface area contributed by atoms with Crippen LogP contribution < -0.4 is 15.0 Å². The highest BCUT2D eigenvalue weighted by molar-refractivity contribution is 7.13. The van der Waals surface area contributed by atoms with E-state index < -0.39 is 0 Å². The monoisotopic (exact) mass is 382 g/mol. The van der Waals surface area contributed by atoms with E-state index >= 15 is 0 Å². The Bertz CT molecular complexity index is 898. The summed E-state index contributed by atoms with van der Waals surface area (Å²) in [6, 6.07) is 13.7. The number of anilines is 1. The van der Waals surface area contributed by atoms with Gasteiger partial charge in [-0.05, 0) is 36.4 Å². The molecular formula is C20H22N4O2S. The lowest BCUT2D eigenvalue weighted by molar-refractivity contribution is 0.0928. The molecule has 7 heteroatoms. The van der Waals surface area contributed by atoms with Crippen molar-refractivity contribution in [2.75, 3.05) is 25.1 Å². The molecule has 1 aliphatic heterocycles. The van der Waals surface area contributed by atoms with Crippen LogP contribution >= 0.6 is 11.3 Å². The van der Waals surface area contributed by atoms with E-state index in [1.54, 1.807) is 30.6 Å². The topological polar surface area (TPSA) is 70.2 Å². The molecule has 0 spiro atoms. The van der Waals surface area contributed by atoms with Gasteiger partial charge in [0.15, 0.2) is 5.82 Å². The molecule has 3 aromatic rings. The van der Waals surface area contributed by atoms with Gasteiger partial charge >= 0.3 is 0 Å². The van der Waals surface area contributed by atoms with Crippen LogP contribution in [0.15, 0.2) is 47.8 Å². The Labute approximate surface area is 162 Å². The summed E-state index contributed by atoms with van der Waals surface area (Å²) in [5.74, 6) is 1.49. The quantitative estimate of drug-likeness (QED) is 0.708. The van der Waals surface area contributed by atoms with Crippen molar-refractivity contribution in [2.45, 2.75) is 18.9 Å². The largest absolute Gasteiger partial charge is 0.496 e. The molecule has 0 aliphatic carbocycles. The molecule has 0 unspecified atom stereocenters. The molecule has 0 radical (unpaired) electrons. The highest BCUT2D eigenvalue weighted by Crippen LogP contribution is 2.27. The van der Waals surface area contributed by atoms with Gasteiger partial charge in [0, 0.05) is 25.2 Å². The standard InChI is InChI=1S/C20H22N4O2S/c1-26-17-6-3-2-5-15(17)20(25)21-14-8-10-24(11-9-14)19-13-16(22-23-19)18-7-4-12-27-18/h2-7,12-14H,8-11H2,1H3,(H,21,25)(H,22,23). The zero-order valence-electron chi connectivity index (χ0n) is 15.1. The normalized spacial score (nSPS) is 14.9. The Morgan fingerprint density at radius 1 is 1.26 bits per heavy atom.